The number of H-pyrrole nitrogens is 1. The average Bonchev–Trinajstić information content (AvgIpc) is 2.78. The predicted molar refractivity (Wildman–Crippen MR) is 68.7 cm³/mol. The van der Waals surface area contributed by atoms with Crippen molar-refractivity contribution >= 4 is 28.5 Å². The number of morpholine rings is 1. The summed E-state index contributed by atoms with van der Waals surface area (Å²) >= 11 is 6.25. The lowest BCUT2D eigenvalue weighted by atomic mass is 10.2. The van der Waals surface area contributed by atoms with Crippen LogP contribution in [0.1, 0.15) is 6.92 Å². The molecule has 4 nitrogen and oxygen atoms in total. The van der Waals surface area contributed by atoms with E-state index >= 15 is 0 Å². The van der Waals surface area contributed by atoms with Gasteiger partial charge in [0, 0.05) is 24.2 Å². The topological polar surface area (TPSA) is 41.1 Å². The molecule has 3 rings (SSSR count). The Labute approximate surface area is 105 Å². The summed E-state index contributed by atoms with van der Waals surface area (Å²) in [6.07, 6.45) is 1.86. The number of fused-ring (bicyclic) bond motifs is 1. The van der Waals surface area contributed by atoms with Crippen molar-refractivity contribution in [2.24, 2.45) is 0 Å². The van der Waals surface area contributed by atoms with Crippen molar-refractivity contribution in [2.45, 2.75) is 13.0 Å². The first kappa shape index (κ1) is 10.9. The highest BCUT2D eigenvalue weighted by Crippen LogP contribution is 2.27. The normalized spacial score (nSPS) is 21.1. The fraction of sp³-hybridized carbons (Fsp3) is 0.417. The highest BCUT2D eigenvalue weighted by atomic mass is 35.5. The highest BCUT2D eigenvalue weighted by Gasteiger charge is 2.21. The Balaban J connectivity index is 2.04. The molecule has 1 N–H and O–H groups in total. The van der Waals surface area contributed by atoms with Gasteiger partial charge in [-0.2, -0.15) is 0 Å². The minimum absolute atomic E-state index is 0.333. The molecule has 1 aliphatic heterocycles. The molecule has 90 valence electrons. The molecule has 2 aromatic rings. The van der Waals surface area contributed by atoms with Gasteiger partial charge < -0.3 is 14.6 Å². The lowest BCUT2D eigenvalue weighted by Crippen LogP contribution is -2.44. The Morgan fingerprint density at radius 3 is 3.29 bits per heavy atom. The lowest BCUT2D eigenvalue weighted by molar-refractivity contribution is 0.0985. The van der Waals surface area contributed by atoms with E-state index in [9.17, 15) is 0 Å². The molecular weight excluding hydrogens is 238 g/mol. The number of nitrogens with one attached hydrogen (secondary N) is 1. The van der Waals surface area contributed by atoms with Crippen LogP contribution in [-0.2, 0) is 4.74 Å². The second-order valence-electron chi connectivity index (χ2n) is 4.32. The van der Waals surface area contributed by atoms with Crippen LogP contribution in [0.4, 0.5) is 5.82 Å². The van der Waals surface area contributed by atoms with Crippen molar-refractivity contribution in [1.82, 2.24) is 9.97 Å². The third-order valence-electron chi connectivity index (χ3n) is 3.13. The summed E-state index contributed by atoms with van der Waals surface area (Å²) in [6, 6.07) is 4.20. The molecule has 1 saturated heterocycles. The molecule has 0 bridgehead atoms. The predicted octanol–water partition coefficient (Wildman–Crippen LogP) is 2.44. The van der Waals surface area contributed by atoms with Gasteiger partial charge in [-0.1, -0.05) is 11.6 Å². The number of halogens is 1. The van der Waals surface area contributed by atoms with E-state index in [0.717, 1.165) is 41.6 Å². The number of anilines is 1. The summed E-state index contributed by atoms with van der Waals surface area (Å²) in [4.78, 5) is 9.93. The van der Waals surface area contributed by atoms with Gasteiger partial charge in [0.25, 0.3) is 0 Å². The zero-order valence-electron chi connectivity index (χ0n) is 9.61. The van der Waals surface area contributed by atoms with E-state index < -0.39 is 0 Å². The number of hydrogen-bond donors (Lipinski definition) is 1. The Morgan fingerprint density at radius 1 is 1.59 bits per heavy atom. The van der Waals surface area contributed by atoms with Crippen LogP contribution in [0, 0.1) is 0 Å². The van der Waals surface area contributed by atoms with Gasteiger partial charge in [0.1, 0.15) is 11.5 Å². The minimum atomic E-state index is 0.333. The molecular formula is C12H14ClN3O. The summed E-state index contributed by atoms with van der Waals surface area (Å²) in [5, 5.41) is 1.71. The van der Waals surface area contributed by atoms with Crippen LogP contribution in [0.25, 0.3) is 11.0 Å². The van der Waals surface area contributed by atoms with E-state index in [1.807, 2.05) is 18.3 Å². The number of ether oxygens (including phenoxy) is 1. The maximum absolute atomic E-state index is 6.25. The molecule has 0 spiro atoms. The van der Waals surface area contributed by atoms with Crippen molar-refractivity contribution in [1.29, 1.82) is 0 Å². The molecule has 0 aliphatic carbocycles. The average molecular weight is 252 g/mol. The quantitative estimate of drug-likeness (QED) is 0.847. The maximum atomic E-state index is 6.25. The monoisotopic (exact) mass is 251 g/mol. The standard InChI is InChI=1S/C12H14ClN3O/c1-8-7-17-5-4-16(8)11-6-10(13)9-2-3-14-12(9)15-11/h2-3,6,8H,4-5,7H2,1H3,(H,14,15). The van der Waals surface area contributed by atoms with Crippen molar-refractivity contribution in [3.05, 3.63) is 23.4 Å². The largest absolute Gasteiger partial charge is 0.377 e. The van der Waals surface area contributed by atoms with Crippen LogP contribution in [-0.4, -0.2) is 35.8 Å². The van der Waals surface area contributed by atoms with Gasteiger partial charge in [0.15, 0.2) is 0 Å². The number of pyridine rings is 1. The van der Waals surface area contributed by atoms with E-state index in [1.165, 1.54) is 0 Å². The number of hydrogen-bond acceptors (Lipinski definition) is 3. The first-order valence-electron chi connectivity index (χ1n) is 5.74. The molecule has 1 fully saturated rings. The number of aromatic amines is 1. The molecule has 0 aromatic carbocycles. The van der Waals surface area contributed by atoms with Crippen molar-refractivity contribution < 1.29 is 4.74 Å². The summed E-state index contributed by atoms with van der Waals surface area (Å²) in [5.41, 5.74) is 0.839. The van der Waals surface area contributed by atoms with Crippen molar-refractivity contribution in [2.75, 3.05) is 24.7 Å². The van der Waals surface area contributed by atoms with Crippen LogP contribution in [0.5, 0.6) is 0 Å². The Morgan fingerprint density at radius 2 is 2.47 bits per heavy atom. The smallest absolute Gasteiger partial charge is 0.141 e. The van der Waals surface area contributed by atoms with Crippen LogP contribution >= 0.6 is 11.6 Å². The first-order chi connectivity index (χ1) is 8.25. The van der Waals surface area contributed by atoms with Gasteiger partial charge in [-0.3, -0.25) is 0 Å². The molecule has 17 heavy (non-hydrogen) atoms. The van der Waals surface area contributed by atoms with Gasteiger partial charge in [-0.15, -0.1) is 0 Å². The second kappa shape index (κ2) is 4.20. The van der Waals surface area contributed by atoms with E-state index in [1.54, 1.807) is 0 Å². The SMILES string of the molecule is CC1COCCN1c1cc(Cl)c2cc[nH]c2n1. The summed E-state index contributed by atoms with van der Waals surface area (Å²) < 4.78 is 5.43. The molecule has 1 atom stereocenters. The van der Waals surface area contributed by atoms with Gasteiger partial charge in [-0.25, -0.2) is 4.98 Å². The third kappa shape index (κ3) is 1.87. The molecule has 3 heterocycles. The van der Waals surface area contributed by atoms with E-state index in [-0.39, 0.29) is 0 Å². The third-order valence-corrected chi connectivity index (χ3v) is 3.44. The summed E-state index contributed by atoms with van der Waals surface area (Å²) in [6.45, 7) is 4.47. The van der Waals surface area contributed by atoms with Crippen LogP contribution in [0.2, 0.25) is 5.02 Å². The van der Waals surface area contributed by atoms with E-state index in [2.05, 4.69) is 21.8 Å². The molecule has 2 aromatic heterocycles. The Kier molecular flexibility index (Phi) is 2.68. The molecule has 0 amide bonds. The maximum Gasteiger partial charge on any atom is 0.141 e. The molecule has 0 saturated carbocycles. The van der Waals surface area contributed by atoms with E-state index in [4.69, 9.17) is 16.3 Å². The van der Waals surface area contributed by atoms with Gasteiger partial charge in [-0.05, 0) is 13.0 Å². The second-order valence-corrected chi connectivity index (χ2v) is 4.73. The van der Waals surface area contributed by atoms with Gasteiger partial charge in [0.05, 0.1) is 24.3 Å². The molecule has 5 heteroatoms. The molecule has 1 aliphatic rings. The van der Waals surface area contributed by atoms with Gasteiger partial charge in [0.2, 0.25) is 0 Å². The van der Waals surface area contributed by atoms with Gasteiger partial charge >= 0.3 is 0 Å². The fourth-order valence-corrected chi connectivity index (χ4v) is 2.45. The zero-order chi connectivity index (χ0) is 11.8. The van der Waals surface area contributed by atoms with Crippen LogP contribution in [0.3, 0.4) is 0 Å². The lowest BCUT2D eigenvalue weighted by Gasteiger charge is -2.34. The first-order valence-corrected chi connectivity index (χ1v) is 6.11. The minimum Gasteiger partial charge on any atom is -0.377 e. The summed E-state index contributed by atoms with van der Waals surface area (Å²) in [7, 11) is 0. The molecule has 0 radical (unpaired) electrons. The molecule has 1 unspecified atom stereocenters. The number of nitrogens with zero attached hydrogens (tertiary/aromatic N) is 2. The fourth-order valence-electron chi connectivity index (χ4n) is 2.20. The van der Waals surface area contributed by atoms with Crippen molar-refractivity contribution in [3.8, 4) is 0 Å². The Hall–Kier alpha value is -1.26. The summed E-state index contributed by atoms with van der Waals surface area (Å²) in [5.74, 6) is 0.917. The van der Waals surface area contributed by atoms with Crippen molar-refractivity contribution in [3.63, 3.8) is 0 Å². The Bertz CT molecular complexity index is 540. The number of aromatic nitrogens is 2. The van der Waals surface area contributed by atoms with Crippen LogP contribution < -0.4 is 4.90 Å². The number of rotatable bonds is 1. The van der Waals surface area contributed by atoms with E-state index in [0.29, 0.717) is 6.04 Å². The van der Waals surface area contributed by atoms with Crippen LogP contribution in [0.15, 0.2) is 18.3 Å². The highest BCUT2D eigenvalue weighted by molar-refractivity contribution is 6.35. The zero-order valence-corrected chi connectivity index (χ0v) is 10.4.